The van der Waals surface area contributed by atoms with Gasteiger partial charge in [0.1, 0.15) is 0 Å². The van der Waals surface area contributed by atoms with Crippen molar-refractivity contribution in [2.24, 2.45) is 5.16 Å². The molecule has 2 aromatic carbocycles. The molecule has 2 aromatic rings. The Morgan fingerprint density at radius 3 is 2.55 bits per heavy atom. The van der Waals surface area contributed by atoms with Crippen molar-refractivity contribution in [3.05, 3.63) is 59.1 Å². The minimum Gasteiger partial charge on any atom is -0.382 e. The van der Waals surface area contributed by atoms with E-state index in [2.05, 4.69) is 10.5 Å². The first-order chi connectivity index (χ1) is 13.9. The van der Waals surface area contributed by atoms with E-state index in [1.807, 2.05) is 30.3 Å². The number of hydrogen-bond donors (Lipinski definition) is 1. The molecule has 1 N–H and O–H groups in total. The van der Waals surface area contributed by atoms with Crippen LogP contribution in [0.15, 0.2) is 58.6 Å². The molecule has 3 rings (SSSR count). The molecule has 7 nitrogen and oxygen atoms in total. The average molecular weight is 436 g/mol. The molecule has 0 spiro atoms. The zero-order valence-corrected chi connectivity index (χ0v) is 17.7. The van der Waals surface area contributed by atoms with Crippen molar-refractivity contribution < 1.29 is 18.0 Å². The highest BCUT2D eigenvalue weighted by Crippen LogP contribution is 2.28. The summed E-state index contributed by atoms with van der Waals surface area (Å²) in [5, 5.41) is 6.89. The summed E-state index contributed by atoms with van der Waals surface area (Å²) in [4.78, 5) is 18.0. The van der Waals surface area contributed by atoms with E-state index >= 15 is 0 Å². The molecule has 1 amide bonds. The Bertz CT molecular complexity index is 1020. The normalized spacial score (nSPS) is 16.4. The summed E-state index contributed by atoms with van der Waals surface area (Å²) in [6, 6.07) is 13.7. The molecule has 29 heavy (non-hydrogen) atoms. The van der Waals surface area contributed by atoms with Gasteiger partial charge in [-0.3, -0.25) is 4.79 Å². The van der Waals surface area contributed by atoms with Crippen molar-refractivity contribution >= 4 is 38.9 Å². The lowest BCUT2D eigenvalue weighted by Gasteiger charge is -2.19. The lowest BCUT2D eigenvalue weighted by atomic mass is 10.0. The van der Waals surface area contributed by atoms with E-state index < -0.39 is 22.0 Å². The van der Waals surface area contributed by atoms with Gasteiger partial charge in [0.15, 0.2) is 0 Å². The largest absolute Gasteiger partial charge is 0.382 e. The molecule has 1 heterocycles. The summed E-state index contributed by atoms with van der Waals surface area (Å²) in [5.41, 5.74) is 1.77. The van der Waals surface area contributed by atoms with Gasteiger partial charge in [-0.05, 0) is 23.8 Å². The monoisotopic (exact) mass is 435 g/mol. The predicted molar refractivity (Wildman–Crippen MR) is 113 cm³/mol. The maximum Gasteiger partial charge on any atom is 0.268 e. The molecule has 0 aliphatic carbocycles. The highest BCUT2D eigenvalue weighted by Gasteiger charge is 2.30. The van der Waals surface area contributed by atoms with Crippen molar-refractivity contribution in [1.29, 1.82) is 0 Å². The Kier molecular flexibility index (Phi) is 6.56. The Balaban J connectivity index is 1.75. The molecule has 1 atom stereocenters. The zero-order chi connectivity index (χ0) is 21.0. The molecule has 9 heteroatoms. The highest BCUT2D eigenvalue weighted by atomic mass is 35.5. The van der Waals surface area contributed by atoms with Gasteiger partial charge < -0.3 is 10.2 Å². The van der Waals surface area contributed by atoms with E-state index in [4.69, 9.17) is 16.4 Å². The molecular formula is C20H22ClN3O4S. The molecule has 0 radical (unpaired) electrons. The topological polar surface area (TPSA) is 88.1 Å². The van der Waals surface area contributed by atoms with Gasteiger partial charge in [-0.1, -0.05) is 60.9 Å². The van der Waals surface area contributed by atoms with Crippen LogP contribution in [0.25, 0.3) is 0 Å². The number of nitrogens with zero attached hydrogens (tertiary/aromatic N) is 2. The summed E-state index contributed by atoms with van der Waals surface area (Å²) in [5.74, 6) is -0.445. The maximum atomic E-state index is 12.7. The van der Waals surface area contributed by atoms with Crippen molar-refractivity contribution in [2.75, 3.05) is 18.4 Å². The Hall–Kier alpha value is -2.42. The number of rotatable bonds is 7. The minimum absolute atomic E-state index is 0.0643. The molecule has 0 bridgehead atoms. The maximum absolute atomic E-state index is 12.7. The van der Waals surface area contributed by atoms with Crippen molar-refractivity contribution in [3.8, 4) is 0 Å². The fraction of sp³-hybridized carbons (Fsp3) is 0.300. The summed E-state index contributed by atoms with van der Waals surface area (Å²) >= 11 is 6.18. The summed E-state index contributed by atoms with van der Waals surface area (Å²) in [7, 11) is -3.67. The summed E-state index contributed by atoms with van der Waals surface area (Å²) in [6.07, 6.45) is -0.505. The van der Waals surface area contributed by atoms with E-state index in [0.717, 1.165) is 5.56 Å². The van der Waals surface area contributed by atoms with Crippen LogP contribution in [0.5, 0.6) is 0 Å². The van der Waals surface area contributed by atoms with Gasteiger partial charge in [-0.15, -0.1) is 0 Å². The van der Waals surface area contributed by atoms with Gasteiger partial charge in [0.25, 0.3) is 5.91 Å². The molecule has 0 fully saturated rings. The van der Waals surface area contributed by atoms with Crippen molar-refractivity contribution in [2.45, 2.75) is 31.3 Å². The van der Waals surface area contributed by atoms with Gasteiger partial charge in [-0.25, -0.2) is 8.42 Å². The Morgan fingerprint density at radius 1 is 1.21 bits per heavy atom. The second-order valence-electron chi connectivity index (χ2n) is 6.42. The first-order valence-corrected chi connectivity index (χ1v) is 11.1. The molecule has 0 saturated carbocycles. The number of anilines is 1. The van der Waals surface area contributed by atoms with E-state index in [-0.39, 0.29) is 15.6 Å². The number of benzene rings is 2. The third kappa shape index (κ3) is 4.60. The number of sulfonamides is 1. The summed E-state index contributed by atoms with van der Waals surface area (Å²) < 4.78 is 26.8. The average Bonchev–Trinajstić information content (AvgIpc) is 3.21. The van der Waals surface area contributed by atoms with E-state index in [1.54, 1.807) is 13.8 Å². The second-order valence-corrected chi connectivity index (χ2v) is 8.77. The minimum atomic E-state index is -3.67. The van der Waals surface area contributed by atoms with Gasteiger partial charge >= 0.3 is 0 Å². The number of amides is 1. The van der Waals surface area contributed by atoms with Gasteiger partial charge in [0.05, 0.1) is 21.3 Å². The van der Waals surface area contributed by atoms with Crippen LogP contribution in [0.2, 0.25) is 5.02 Å². The first kappa shape index (κ1) is 21.3. The standard InChI is InChI=1S/C20H22ClN3O4S/c1-3-24(4-2)29(26,27)15-10-11-16(21)18(12-15)22-20(25)19-13-17(23-28-19)14-8-6-5-7-9-14/h5-12,19H,3-4,13H2,1-2H3,(H,22,25). The Morgan fingerprint density at radius 2 is 1.90 bits per heavy atom. The van der Waals surface area contributed by atoms with Crippen molar-refractivity contribution in [1.82, 2.24) is 4.31 Å². The third-order valence-electron chi connectivity index (χ3n) is 4.61. The fourth-order valence-corrected chi connectivity index (χ4v) is 4.66. The number of nitrogens with one attached hydrogen (secondary N) is 1. The van der Waals surface area contributed by atoms with Crippen LogP contribution in [-0.2, 0) is 19.7 Å². The smallest absolute Gasteiger partial charge is 0.268 e. The van der Waals surface area contributed by atoms with Crippen LogP contribution in [0, 0.1) is 0 Å². The van der Waals surface area contributed by atoms with E-state index in [0.29, 0.717) is 25.2 Å². The fourth-order valence-electron chi connectivity index (χ4n) is 3.01. The second kappa shape index (κ2) is 8.94. The van der Waals surface area contributed by atoms with Gasteiger partial charge in [0.2, 0.25) is 16.1 Å². The lowest BCUT2D eigenvalue weighted by molar-refractivity contribution is -0.125. The van der Waals surface area contributed by atoms with Crippen LogP contribution in [0.4, 0.5) is 5.69 Å². The van der Waals surface area contributed by atoms with Gasteiger partial charge in [-0.2, -0.15) is 4.31 Å². The van der Waals surface area contributed by atoms with Crippen LogP contribution < -0.4 is 5.32 Å². The predicted octanol–water partition coefficient (Wildman–Crippen LogP) is 3.50. The molecular weight excluding hydrogens is 414 g/mol. The number of carbonyl (C=O) groups is 1. The Labute approximate surface area is 175 Å². The highest BCUT2D eigenvalue weighted by molar-refractivity contribution is 7.89. The van der Waals surface area contributed by atoms with E-state index in [9.17, 15) is 13.2 Å². The molecule has 154 valence electrons. The molecule has 1 unspecified atom stereocenters. The number of oxime groups is 1. The van der Waals surface area contributed by atoms with Gasteiger partial charge in [0, 0.05) is 19.5 Å². The molecule has 1 aliphatic rings. The lowest BCUT2D eigenvalue weighted by Crippen LogP contribution is -2.31. The SMILES string of the molecule is CCN(CC)S(=O)(=O)c1ccc(Cl)c(NC(=O)C2CC(c3ccccc3)=NO2)c1. The van der Waals surface area contributed by atoms with Crippen molar-refractivity contribution in [3.63, 3.8) is 0 Å². The molecule has 0 aromatic heterocycles. The molecule has 0 saturated heterocycles. The summed E-state index contributed by atoms with van der Waals surface area (Å²) in [6.45, 7) is 4.22. The number of hydrogen-bond acceptors (Lipinski definition) is 5. The zero-order valence-electron chi connectivity index (χ0n) is 16.1. The third-order valence-corrected chi connectivity index (χ3v) is 6.98. The quantitative estimate of drug-likeness (QED) is 0.720. The number of carbonyl (C=O) groups excluding carboxylic acids is 1. The van der Waals surface area contributed by atoms with Crippen LogP contribution in [0.1, 0.15) is 25.8 Å². The van der Waals surface area contributed by atoms with E-state index in [1.165, 1.54) is 22.5 Å². The van der Waals surface area contributed by atoms with Crippen LogP contribution >= 0.6 is 11.6 Å². The molecule has 1 aliphatic heterocycles. The first-order valence-electron chi connectivity index (χ1n) is 9.25. The van der Waals surface area contributed by atoms with Crippen LogP contribution in [0.3, 0.4) is 0 Å². The number of halogens is 1. The van der Waals surface area contributed by atoms with Crippen LogP contribution in [-0.4, -0.2) is 43.5 Å².